The van der Waals surface area contributed by atoms with E-state index in [2.05, 4.69) is 73.2 Å². The maximum atomic E-state index is 5.15. The summed E-state index contributed by atoms with van der Waals surface area (Å²) in [4.78, 5) is 0. The van der Waals surface area contributed by atoms with E-state index in [9.17, 15) is 0 Å². The molecule has 1 aromatic carbocycles. The van der Waals surface area contributed by atoms with Crippen LogP contribution in [0.2, 0.25) is 0 Å². The minimum absolute atomic E-state index is 0.0943. The number of nitrogens with zero attached hydrogens (tertiary/aromatic N) is 2. The van der Waals surface area contributed by atoms with E-state index < -0.39 is 0 Å². The van der Waals surface area contributed by atoms with Crippen molar-refractivity contribution in [1.29, 1.82) is 0 Å². The first-order chi connectivity index (χ1) is 9.69. The second-order valence-corrected chi connectivity index (χ2v) is 6.35. The Morgan fingerprint density at radius 3 is 2.85 bits per heavy atom. The highest BCUT2D eigenvalue weighted by Gasteiger charge is 2.22. The molecule has 0 bridgehead atoms. The third kappa shape index (κ3) is 3.41. The number of nitrogens with one attached hydrogen (secondary N) is 1. The van der Waals surface area contributed by atoms with Gasteiger partial charge in [0.15, 0.2) is 0 Å². The number of hydrogen-bond donors (Lipinski definition) is 1. The Kier molecular flexibility index (Phi) is 6.01. The van der Waals surface area contributed by atoms with Crippen molar-refractivity contribution in [2.45, 2.75) is 12.6 Å². The van der Waals surface area contributed by atoms with Gasteiger partial charge in [-0.3, -0.25) is 4.68 Å². The van der Waals surface area contributed by atoms with E-state index in [1.54, 1.807) is 7.11 Å². The molecule has 1 heterocycles. The van der Waals surface area contributed by atoms with Crippen LogP contribution in [-0.2, 0) is 11.3 Å². The Labute approximate surface area is 141 Å². The van der Waals surface area contributed by atoms with E-state index in [0.29, 0.717) is 6.61 Å². The van der Waals surface area contributed by atoms with E-state index in [4.69, 9.17) is 4.74 Å². The molecule has 0 aliphatic carbocycles. The third-order valence-electron chi connectivity index (χ3n) is 3.12. The van der Waals surface area contributed by atoms with Crippen molar-refractivity contribution < 1.29 is 4.74 Å². The zero-order chi connectivity index (χ0) is 14.5. The van der Waals surface area contributed by atoms with E-state index >= 15 is 0 Å². The van der Waals surface area contributed by atoms with Gasteiger partial charge in [-0.25, -0.2) is 0 Å². The van der Waals surface area contributed by atoms with Gasteiger partial charge in [0, 0.05) is 10.7 Å². The summed E-state index contributed by atoms with van der Waals surface area (Å²) in [5.41, 5.74) is 2.36. The molecule has 108 valence electrons. The van der Waals surface area contributed by atoms with Crippen LogP contribution in [0.5, 0.6) is 0 Å². The van der Waals surface area contributed by atoms with Crippen molar-refractivity contribution >= 4 is 38.5 Å². The number of halogens is 2. The van der Waals surface area contributed by atoms with Crippen LogP contribution in [0.4, 0.5) is 0 Å². The summed E-state index contributed by atoms with van der Waals surface area (Å²) in [6, 6.07) is 8.46. The number of rotatable bonds is 6. The lowest BCUT2D eigenvalue weighted by molar-refractivity contribution is 0.182. The van der Waals surface area contributed by atoms with Crippen LogP contribution in [0.3, 0.4) is 0 Å². The van der Waals surface area contributed by atoms with Crippen molar-refractivity contribution in [3.05, 3.63) is 49.8 Å². The number of aromatic nitrogens is 2. The average molecular weight is 450 g/mol. The molecular weight excluding hydrogens is 433 g/mol. The monoisotopic (exact) mass is 449 g/mol. The first-order valence-electron chi connectivity index (χ1n) is 6.30. The Balaban J connectivity index is 2.42. The van der Waals surface area contributed by atoms with Crippen molar-refractivity contribution in [2.24, 2.45) is 0 Å². The van der Waals surface area contributed by atoms with E-state index in [0.717, 1.165) is 16.7 Å². The minimum Gasteiger partial charge on any atom is -0.383 e. The normalized spacial score (nSPS) is 12.6. The highest BCUT2D eigenvalue weighted by Crippen LogP contribution is 2.30. The molecular formula is C14H17BrIN3O. The van der Waals surface area contributed by atoms with Crippen LogP contribution in [-0.4, -0.2) is 30.5 Å². The van der Waals surface area contributed by atoms with E-state index in [1.165, 1.54) is 9.13 Å². The maximum absolute atomic E-state index is 5.15. The molecule has 2 aromatic rings. The standard InChI is InChI=1S/C14H17BrIN3O/c1-17-13(10-5-3-4-6-12(10)16)14-11(15)9-18-19(14)7-8-20-2/h3-6,9,13,17H,7-8H2,1-2H3. The molecule has 0 fully saturated rings. The number of ether oxygens (including phenoxy) is 1. The molecule has 20 heavy (non-hydrogen) atoms. The van der Waals surface area contributed by atoms with Gasteiger partial charge in [-0.1, -0.05) is 18.2 Å². The summed E-state index contributed by atoms with van der Waals surface area (Å²) in [5, 5.41) is 7.81. The summed E-state index contributed by atoms with van der Waals surface area (Å²) >= 11 is 5.97. The van der Waals surface area contributed by atoms with Gasteiger partial charge in [-0.15, -0.1) is 0 Å². The molecule has 1 atom stereocenters. The molecule has 0 radical (unpaired) electrons. The summed E-state index contributed by atoms with van der Waals surface area (Å²) in [6.45, 7) is 1.38. The molecule has 0 saturated heterocycles. The van der Waals surface area contributed by atoms with Gasteiger partial charge in [-0.2, -0.15) is 5.10 Å². The van der Waals surface area contributed by atoms with Crippen LogP contribution in [0.1, 0.15) is 17.3 Å². The lowest BCUT2D eigenvalue weighted by Gasteiger charge is -2.20. The second-order valence-electron chi connectivity index (χ2n) is 4.34. The van der Waals surface area contributed by atoms with Crippen molar-refractivity contribution in [1.82, 2.24) is 15.1 Å². The molecule has 2 rings (SSSR count). The largest absolute Gasteiger partial charge is 0.383 e. The molecule has 0 saturated carbocycles. The minimum atomic E-state index is 0.0943. The van der Waals surface area contributed by atoms with Crippen LogP contribution < -0.4 is 5.32 Å². The molecule has 0 aliphatic rings. The zero-order valence-electron chi connectivity index (χ0n) is 11.4. The number of methoxy groups -OCH3 is 1. The molecule has 4 nitrogen and oxygen atoms in total. The van der Waals surface area contributed by atoms with Gasteiger partial charge in [0.25, 0.3) is 0 Å². The van der Waals surface area contributed by atoms with E-state index in [-0.39, 0.29) is 6.04 Å². The van der Waals surface area contributed by atoms with Crippen molar-refractivity contribution in [2.75, 3.05) is 20.8 Å². The molecule has 1 aromatic heterocycles. The predicted molar refractivity (Wildman–Crippen MR) is 91.9 cm³/mol. The first-order valence-corrected chi connectivity index (χ1v) is 8.18. The summed E-state index contributed by atoms with van der Waals surface area (Å²) < 4.78 is 9.38. The smallest absolute Gasteiger partial charge is 0.0767 e. The Morgan fingerprint density at radius 2 is 2.20 bits per heavy atom. The van der Waals surface area contributed by atoms with Crippen molar-refractivity contribution in [3.63, 3.8) is 0 Å². The molecule has 1 unspecified atom stereocenters. The van der Waals surface area contributed by atoms with Gasteiger partial charge < -0.3 is 10.1 Å². The molecule has 0 amide bonds. The highest BCUT2D eigenvalue weighted by atomic mass is 127. The average Bonchev–Trinajstić information content (AvgIpc) is 2.81. The molecule has 0 aliphatic heterocycles. The fourth-order valence-electron chi connectivity index (χ4n) is 2.16. The summed E-state index contributed by atoms with van der Waals surface area (Å²) in [5.74, 6) is 0. The van der Waals surface area contributed by atoms with Crippen LogP contribution in [0.25, 0.3) is 0 Å². The third-order valence-corrected chi connectivity index (χ3v) is 4.71. The predicted octanol–water partition coefficient (Wildman–Crippen LogP) is 3.21. The maximum Gasteiger partial charge on any atom is 0.0767 e. The zero-order valence-corrected chi connectivity index (χ0v) is 15.2. The molecule has 0 spiro atoms. The lowest BCUT2D eigenvalue weighted by Crippen LogP contribution is -2.23. The van der Waals surface area contributed by atoms with Crippen LogP contribution >= 0.6 is 38.5 Å². The fourth-order valence-corrected chi connectivity index (χ4v) is 3.39. The Hall–Kier alpha value is -0.440. The number of benzene rings is 1. The van der Waals surface area contributed by atoms with E-state index in [1.807, 2.05) is 17.9 Å². The quantitative estimate of drug-likeness (QED) is 0.688. The highest BCUT2D eigenvalue weighted by molar-refractivity contribution is 14.1. The van der Waals surface area contributed by atoms with Crippen LogP contribution in [0.15, 0.2) is 34.9 Å². The summed E-state index contributed by atoms with van der Waals surface area (Å²) in [7, 11) is 3.67. The number of hydrogen-bond acceptors (Lipinski definition) is 3. The topological polar surface area (TPSA) is 39.1 Å². The van der Waals surface area contributed by atoms with Gasteiger partial charge >= 0.3 is 0 Å². The SMILES string of the molecule is CNC(c1ccccc1I)c1c(Br)cnn1CCOC. The van der Waals surface area contributed by atoms with Crippen LogP contribution in [0, 0.1) is 3.57 Å². The van der Waals surface area contributed by atoms with Crippen molar-refractivity contribution in [3.8, 4) is 0 Å². The lowest BCUT2D eigenvalue weighted by atomic mass is 10.0. The van der Waals surface area contributed by atoms with Gasteiger partial charge in [0.1, 0.15) is 0 Å². The van der Waals surface area contributed by atoms with Gasteiger partial charge in [-0.05, 0) is 57.2 Å². The first kappa shape index (κ1) is 15.9. The Bertz CT molecular complexity index is 573. The molecule has 1 N–H and O–H groups in total. The Morgan fingerprint density at radius 1 is 1.45 bits per heavy atom. The van der Waals surface area contributed by atoms with Gasteiger partial charge in [0.05, 0.1) is 35.6 Å². The van der Waals surface area contributed by atoms with Gasteiger partial charge in [0.2, 0.25) is 0 Å². The summed E-state index contributed by atoms with van der Waals surface area (Å²) in [6.07, 6.45) is 1.84. The molecule has 6 heteroatoms. The fraction of sp³-hybridized carbons (Fsp3) is 0.357. The second kappa shape index (κ2) is 7.53.